The second kappa shape index (κ2) is 10.1. The molecule has 2 aliphatic rings. The van der Waals surface area contributed by atoms with E-state index in [1.165, 1.54) is 6.07 Å². The molecule has 0 spiro atoms. The smallest absolute Gasteiger partial charge is 0.255 e. The monoisotopic (exact) mass is 457 g/mol. The number of hydrogen-bond acceptors (Lipinski definition) is 5. The number of benzene rings is 2. The van der Waals surface area contributed by atoms with E-state index in [-0.39, 0.29) is 16.8 Å². The zero-order chi connectivity index (χ0) is 22.6. The summed E-state index contributed by atoms with van der Waals surface area (Å²) in [6.45, 7) is 6.33. The molecule has 32 heavy (non-hydrogen) atoms. The van der Waals surface area contributed by atoms with Crippen molar-refractivity contribution in [2.45, 2.75) is 43.7 Å². The van der Waals surface area contributed by atoms with E-state index >= 15 is 0 Å². The summed E-state index contributed by atoms with van der Waals surface area (Å²) in [6.07, 6.45) is 2.77. The number of ether oxygens (including phenoxy) is 1. The van der Waals surface area contributed by atoms with E-state index in [1.54, 1.807) is 22.5 Å². The molecule has 7 nitrogen and oxygen atoms in total. The molecule has 1 atom stereocenters. The summed E-state index contributed by atoms with van der Waals surface area (Å²) in [4.78, 5) is 15.5. The van der Waals surface area contributed by atoms with Crippen molar-refractivity contribution in [3.63, 3.8) is 0 Å². The third kappa shape index (κ3) is 5.20. The third-order valence-electron chi connectivity index (χ3n) is 6.21. The molecule has 0 radical (unpaired) electrons. The van der Waals surface area contributed by atoms with Gasteiger partial charge in [0.1, 0.15) is 0 Å². The minimum absolute atomic E-state index is 0.0294. The van der Waals surface area contributed by atoms with Gasteiger partial charge in [-0.3, -0.25) is 9.69 Å². The summed E-state index contributed by atoms with van der Waals surface area (Å²) in [5, 5.41) is 2.98. The van der Waals surface area contributed by atoms with Crippen LogP contribution in [0.5, 0.6) is 0 Å². The van der Waals surface area contributed by atoms with Gasteiger partial charge in [-0.2, -0.15) is 4.31 Å². The lowest BCUT2D eigenvalue weighted by molar-refractivity contribution is 0.0342. The predicted octanol–water partition coefficient (Wildman–Crippen LogP) is 3.33. The molecule has 8 heteroatoms. The largest absolute Gasteiger partial charge is 0.379 e. The Morgan fingerprint density at radius 1 is 1.06 bits per heavy atom. The number of rotatable bonds is 6. The Balaban J connectivity index is 1.51. The van der Waals surface area contributed by atoms with Crippen molar-refractivity contribution in [2.75, 3.05) is 38.2 Å². The molecular formula is C24H31N3O4S. The molecule has 1 N–H and O–H groups in total. The summed E-state index contributed by atoms with van der Waals surface area (Å²) in [5.74, 6) is -0.317. The number of carbonyl (C=O) groups excluding carboxylic acids is 1. The maximum atomic E-state index is 13.2. The first-order chi connectivity index (χ1) is 15.4. The summed E-state index contributed by atoms with van der Waals surface area (Å²) in [5.41, 5.74) is 2.09. The first kappa shape index (κ1) is 22.9. The third-order valence-corrected chi connectivity index (χ3v) is 8.22. The standard InChI is InChI=1S/C24H31N3O4S/c1-19-7-4-5-12-27(19)32(29,30)22-10-6-9-20(17-22)24(28)25-23-11-3-2-8-21(23)18-26-13-15-31-16-14-26/h2-3,6,8-11,17,19H,4-5,7,12-16,18H2,1H3,(H,25,28). The van der Waals surface area contributed by atoms with Gasteiger partial charge in [-0.15, -0.1) is 0 Å². The van der Waals surface area contributed by atoms with E-state index in [9.17, 15) is 13.2 Å². The van der Waals surface area contributed by atoms with Crippen LogP contribution >= 0.6 is 0 Å². The summed E-state index contributed by atoms with van der Waals surface area (Å²) in [6, 6.07) is 14.0. The normalized spacial score (nSPS) is 20.7. The van der Waals surface area contributed by atoms with Crippen LogP contribution in [-0.4, -0.2) is 62.4 Å². The molecule has 2 saturated heterocycles. The number of piperidine rings is 1. The number of amides is 1. The first-order valence-corrected chi connectivity index (χ1v) is 12.7. The SMILES string of the molecule is CC1CCCCN1S(=O)(=O)c1cccc(C(=O)Nc2ccccc2CN2CCOCC2)c1. The van der Waals surface area contributed by atoms with Gasteiger partial charge < -0.3 is 10.1 Å². The second-order valence-electron chi connectivity index (χ2n) is 8.49. The van der Waals surface area contributed by atoms with Crippen molar-refractivity contribution >= 4 is 21.6 Å². The molecule has 0 aliphatic carbocycles. The highest BCUT2D eigenvalue weighted by atomic mass is 32.2. The Hall–Kier alpha value is -2.26. The number of nitrogens with zero attached hydrogens (tertiary/aromatic N) is 2. The molecule has 2 aromatic carbocycles. The van der Waals surface area contributed by atoms with E-state index < -0.39 is 10.0 Å². The minimum Gasteiger partial charge on any atom is -0.379 e. The molecule has 2 aromatic rings. The van der Waals surface area contributed by atoms with E-state index in [2.05, 4.69) is 10.2 Å². The lowest BCUT2D eigenvalue weighted by Gasteiger charge is -2.32. The van der Waals surface area contributed by atoms with E-state index in [0.29, 0.717) is 25.3 Å². The number of carbonyl (C=O) groups is 1. The average Bonchev–Trinajstić information content (AvgIpc) is 2.81. The van der Waals surface area contributed by atoms with Crippen LogP contribution in [0.15, 0.2) is 53.4 Å². The number of hydrogen-bond donors (Lipinski definition) is 1. The van der Waals surface area contributed by atoms with Gasteiger partial charge in [0.25, 0.3) is 5.91 Å². The first-order valence-electron chi connectivity index (χ1n) is 11.3. The van der Waals surface area contributed by atoms with Gasteiger partial charge in [-0.05, 0) is 49.6 Å². The van der Waals surface area contributed by atoms with Crippen LogP contribution in [-0.2, 0) is 21.3 Å². The Bertz CT molecular complexity index is 1050. The highest BCUT2D eigenvalue weighted by Crippen LogP contribution is 2.26. The zero-order valence-corrected chi connectivity index (χ0v) is 19.3. The molecule has 1 amide bonds. The quantitative estimate of drug-likeness (QED) is 0.720. The van der Waals surface area contributed by atoms with Crippen LogP contribution in [0.1, 0.15) is 42.1 Å². The number of para-hydroxylation sites is 1. The van der Waals surface area contributed by atoms with Gasteiger partial charge in [0.15, 0.2) is 0 Å². The average molecular weight is 458 g/mol. The van der Waals surface area contributed by atoms with Crippen LogP contribution in [0, 0.1) is 0 Å². The van der Waals surface area contributed by atoms with Crippen LogP contribution in [0.3, 0.4) is 0 Å². The van der Waals surface area contributed by atoms with E-state index in [0.717, 1.165) is 50.1 Å². The highest BCUT2D eigenvalue weighted by Gasteiger charge is 2.31. The molecule has 2 heterocycles. The summed E-state index contributed by atoms with van der Waals surface area (Å²) in [7, 11) is -3.63. The lowest BCUT2D eigenvalue weighted by atomic mass is 10.1. The van der Waals surface area contributed by atoms with Crippen molar-refractivity contribution in [1.29, 1.82) is 0 Å². The van der Waals surface area contributed by atoms with Gasteiger partial charge in [0, 0.05) is 43.5 Å². The molecule has 2 aliphatic heterocycles. The fourth-order valence-corrected chi connectivity index (χ4v) is 6.08. The fraction of sp³-hybridized carbons (Fsp3) is 0.458. The number of anilines is 1. The molecule has 0 aromatic heterocycles. The van der Waals surface area contributed by atoms with Gasteiger partial charge in [-0.1, -0.05) is 30.7 Å². The van der Waals surface area contributed by atoms with Crippen LogP contribution in [0.25, 0.3) is 0 Å². The van der Waals surface area contributed by atoms with E-state index in [1.807, 2.05) is 31.2 Å². The number of nitrogens with one attached hydrogen (secondary N) is 1. The Kier molecular flexibility index (Phi) is 7.25. The molecule has 172 valence electrons. The minimum atomic E-state index is -3.63. The van der Waals surface area contributed by atoms with Crippen LogP contribution in [0.2, 0.25) is 0 Å². The van der Waals surface area contributed by atoms with Gasteiger partial charge >= 0.3 is 0 Å². The van der Waals surface area contributed by atoms with Crippen molar-refractivity contribution < 1.29 is 17.9 Å². The topological polar surface area (TPSA) is 79.0 Å². The summed E-state index contributed by atoms with van der Waals surface area (Å²) < 4.78 is 33.3. The molecular weight excluding hydrogens is 426 g/mol. The van der Waals surface area contributed by atoms with Gasteiger partial charge in [0.2, 0.25) is 10.0 Å². The van der Waals surface area contributed by atoms with E-state index in [4.69, 9.17) is 4.74 Å². The lowest BCUT2D eigenvalue weighted by Crippen LogP contribution is -2.41. The summed E-state index contributed by atoms with van der Waals surface area (Å²) >= 11 is 0. The Morgan fingerprint density at radius 2 is 1.84 bits per heavy atom. The molecule has 4 rings (SSSR count). The van der Waals surface area contributed by atoms with Crippen molar-refractivity contribution in [3.8, 4) is 0 Å². The Morgan fingerprint density at radius 3 is 2.62 bits per heavy atom. The maximum absolute atomic E-state index is 13.2. The van der Waals surface area contributed by atoms with Crippen LogP contribution < -0.4 is 5.32 Å². The fourth-order valence-electron chi connectivity index (χ4n) is 4.34. The molecule has 2 fully saturated rings. The zero-order valence-electron chi connectivity index (χ0n) is 18.5. The number of sulfonamides is 1. The van der Waals surface area contributed by atoms with Gasteiger partial charge in [0.05, 0.1) is 18.1 Å². The van der Waals surface area contributed by atoms with Crippen molar-refractivity contribution in [2.24, 2.45) is 0 Å². The van der Waals surface area contributed by atoms with Crippen molar-refractivity contribution in [3.05, 3.63) is 59.7 Å². The molecule has 1 unspecified atom stereocenters. The Labute approximate surface area is 190 Å². The molecule has 0 bridgehead atoms. The number of morpholine rings is 1. The van der Waals surface area contributed by atoms with Crippen LogP contribution in [0.4, 0.5) is 5.69 Å². The highest BCUT2D eigenvalue weighted by molar-refractivity contribution is 7.89. The van der Waals surface area contributed by atoms with Gasteiger partial charge in [-0.25, -0.2) is 8.42 Å². The maximum Gasteiger partial charge on any atom is 0.255 e. The second-order valence-corrected chi connectivity index (χ2v) is 10.4. The predicted molar refractivity (Wildman–Crippen MR) is 124 cm³/mol. The molecule has 0 saturated carbocycles. The van der Waals surface area contributed by atoms with Crippen molar-refractivity contribution in [1.82, 2.24) is 9.21 Å².